The molecule has 3 aromatic heterocycles. The molecule has 0 N–H and O–H groups in total. The Hall–Kier alpha value is -3.07. The fraction of sp³-hybridized carbons (Fsp3) is 0.0952. The van der Waals surface area contributed by atoms with E-state index in [-0.39, 0.29) is 0 Å². The number of rotatable bonds is 4. The zero-order valence-electron chi connectivity index (χ0n) is 13.8. The van der Waals surface area contributed by atoms with Crippen LogP contribution in [0.15, 0.2) is 79.2 Å². The monoisotopic (exact) mass is 313 g/mol. The van der Waals surface area contributed by atoms with E-state index in [1.54, 1.807) is 12.4 Å². The molecule has 3 aromatic rings. The molecule has 0 aliphatic heterocycles. The molecule has 24 heavy (non-hydrogen) atoms. The van der Waals surface area contributed by atoms with Gasteiger partial charge in [-0.25, -0.2) is 4.98 Å². The lowest BCUT2D eigenvalue weighted by atomic mass is 10.0. The Morgan fingerprint density at radius 1 is 0.792 bits per heavy atom. The summed E-state index contributed by atoms with van der Waals surface area (Å²) in [6.07, 6.45) is 9.80. The van der Waals surface area contributed by atoms with Gasteiger partial charge in [0.25, 0.3) is 0 Å². The zero-order valence-corrected chi connectivity index (χ0v) is 13.8. The van der Waals surface area contributed by atoms with Crippen molar-refractivity contribution in [1.29, 1.82) is 0 Å². The first-order chi connectivity index (χ1) is 11.8. The van der Waals surface area contributed by atoms with Crippen LogP contribution >= 0.6 is 0 Å². The van der Waals surface area contributed by atoms with Gasteiger partial charge < -0.3 is 0 Å². The molecule has 0 saturated heterocycles. The van der Waals surface area contributed by atoms with Gasteiger partial charge in [0.1, 0.15) is 0 Å². The summed E-state index contributed by atoms with van der Waals surface area (Å²) >= 11 is 0. The molecule has 0 aliphatic carbocycles. The second-order valence-corrected chi connectivity index (χ2v) is 5.30. The van der Waals surface area contributed by atoms with Crippen molar-refractivity contribution in [3.63, 3.8) is 0 Å². The number of aromatic nitrogens is 3. The fourth-order valence-electron chi connectivity index (χ4n) is 2.53. The van der Waals surface area contributed by atoms with Gasteiger partial charge in [0.2, 0.25) is 0 Å². The van der Waals surface area contributed by atoms with Crippen molar-refractivity contribution in [3.8, 4) is 22.8 Å². The van der Waals surface area contributed by atoms with Crippen LogP contribution in [0.1, 0.15) is 19.4 Å². The van der Waals surface area contributed by atoms with Crippen molar-refractivity contribution < 1.29 is 0 Å². The predicted molar refractivity (Wildman–Crippen MR) is 99.2 cm³/mol. The summed E-state index contributed by atoms with van der Waals surface area (Å²) in [5.74, 6) is 0. The Morgan fingerprint density at radius 2 is 1.38 bits per heavy atom. The molecular formula is C21H19N3. The third kappa shape index (κ3) is 3.46. The number of hydrogen-bond donors (Lipinski definition) is 0. The summed E-state index contributed by atoms with van der Waals surface area (Å²) < 4.78 is 0. The summed E-state index contributed by atoms with van der Waals surface area (Å²) in [4.78, 5) is 13.6. The average Bonchev–Trinajstić information content (AvgIpc) is 2.67. The van der Waals surface area contributed by atoms with Gasteiger partial charge in [-0.2, -0.15) is 0 Å². The molecule has 0 atom stereocenters. The molecule has 0 spiro atoms. The lowest BCUT2D eigenvalue weighted by Gasteiger charge is -2.09. The average molecular weight is 313 g/mol. The van der Waals surface area contributed by atoms with Crippen molar-refractivity contribution in [2.45, 2.75) is 13.8 Å². The minimum absolute atomic E-state index is 0.845. The molecule has 118 valence electrons. The summed E-state index contributed by atoms with van der Waals surface area (Å²) in [5, 5.41) is 0. The van der Waals surface area contributed by atoms with Gasteiger partial charge in [-0.3, -0.25) is 9.97 Å². The van der Waals surface area contributed by atoms with Crippen LogP contribution in [0.5, 0.6) is 0 Å². The zero-order chi connectivity index (χ0) is 16.8. The molecular weight excluding hydrogens is 294 g/mol. The maximum Gasteiger partial charge on any atom is 0.0900 e. The highest BCUT2D eigenvalue weighted by atomic mass is 14.8. The molecule has 3 heteroatoms. The van der Waals surface area contributed by atoms with E-state index in [0.29, 0.717) is 0 Å². The SMILES string of the molecule is C/C=C\C(=C/C)c1cc(-c2ccccn2)nc(-c2ccccn2)c1. The molecule has 0 bridgehead atoms. The highest BCUT2D eigenvalue weighted by molar-refractivity contribution is 5.78. The van der Waals surface area contributed by atoms with Crippen LogP contribution in [-0.2, 0) is 0 Å². The van der Waals surface area contributed by atoms with Crippen LogP contribution in [0, 0.1) is 0 Å². The molecule has 0 aliphatic rings. The van der Waals surface area contributed by atoms with Crippen molar-refractivity contribution in [3.05, 3.63) is 84.7 Å². The number of hydrogen-bond acceptors (Lipinski definition) is 3. The van der Waals surface area contributed by atoms with Crippen LogP contribution in [0.2, 0.25) is 0 Å². The Balaban J connectivity index is 2.20. The van der Waals surface area contributed by atoms with Gasteiger partial charge >= 0.3 is 0 Å². The topological polar surface area (TPSA) is 38.7 Å². The molecule has 0 unspecified atom stereocenters. The first kappa shape index (κ1) is 15.8. The van der Waals surface area contributed by atoms with Gasteiger partial charge in [-0.15, -0.1) is 0 Å². The molecule has 3 rings (SSSR count). The smallest absolute Gasteiger partial charge is 0.0900 e. The third-order valence-corrected chi connectivity index (χ3v) is 3.67. The van der Waals surface area contributed by atoms with Crippen molar-refractivity contribution in [2.75, 3.05) is 0 Å². The fourth-order valence-corrected chi connectivity index (χ4v) is 2.53. The third-order valence-electron chi connectivity index (χ3n) is 3.67. The molecule has 0 fully saturated rings. The van der Waals surface area contributed by atoms with E-state index in [2.05, 4.69) is 34.3 Å². The van der Waals surface area contributed by atoms with Crippen LogP contribution in [-0.4, -0.2) is 15.0 Å². The summed E-state index contributed by atoms with van der Waals surface area (Å²) in [6, 6.07) is 15.8. The predicted octanol–water partition coefficient (Wildman–Crippen LogP) is 5.19. The molecule has 3 heterocycles. The van der Waals surface area contributed by atoms with Gasteiger partial charge in [0, 0.05) is 12.4 Å². The van der Waals surface area contributed by atoms with Gasteiger partial charge in [-0.1, -0.05) is 30.4 Å². The summed E-state index contributed by atoms with van der Waals surface area (Å²) in [7, 11) is 0. The normalized spacial score (nSPS) is 11.8. The van der Waals surface area contributed by atoms with E-state index in [9.17, 15) is 0 Å². The van der Waals surface area contributed by atoms with Crippen LogP contribution in [0.25, 0.3) is 28.3 Å². The van der Waals surface area contributed by atoms with Crippen LogP contribution in [0.3, 0.4) is 0 Å². The molecule has 0 radical (unpaired) electrons. The van der Waals surface area contributed by atoms with Crippen molar-refractivity contribution in [2.24, 2.45) is 0 Å². The first-order valence-corrected chi connectivity index (χ1v) is 7.96. The standard InChI is InChI=1S/C21H19N3/c1-3-9-16(4-2)17-14-20(18-10-5-7-12-22-18)24-21(15-17)19-11-6-8-13-23-19/h3-15H,1-2H3/b9-3-,16-4+. The Bertz CT molecular complexity index is 808. The molecule has 0 amide bonds. The lowest BCUT2D eigenvalue weighted by Crippen LogP contribution is -1.95. The maximum atomic E-state index is 4.77. The minimum Gasteiger partial charge on any atom is -0.255 e. The number of nitrogens with zero attached hydrogens (tertiary/aromatic N) is 3. The molecule has 3 nitrogen and oxygen atoms in total. The van der Waals surface area contributed by atoms with E-state index >= 15 is 0 Å². The van der Waals surface area contributed by atoms with E-state index < -0.39 is 0 Å². The van der Waals surface area contributed by atoms with Crippen LogP contribution < -0.4 is 0 Å². The quantitative estimate of drug-likeness (QED) is 0.623. The van der Waals surface area contributed by atoms with Crippen molar-refractivity contribution >= 4 is 5.57 Å². The van der Waals surface area contributed by atoms with Crippen molar-refractivity contribution in [1.82, 2.24) is 15.0 Å². The van der Waals surface area contributed by atoms with Gasteiger partial charge in [0.05, 0.1) is 22.8 Å². The van der Waals surface area contributed by atoms with E-state index in [1.807, 2.05) is 56.3 Å². The molecule has 0 aromatic carbocycles. The minimum atomic E-state index is 0.845. The maximum absolute atomic E-state index is 4.77. The van der Waals surface area contributed by atoms with Crippen LogP contribution in [0.4, 0.5) is 0 Å². The largest absolute Gasteiger partial charge is 0.255 e. The first-order valence-electron chi connectivity index (χ1n) is 7.96. The van der Waals surface area contributed by atoms with Gasteiger partial charge in [-0.05, 0) is 61.4 Å². The van der Waals surface area contributed by atoms with E-state index in [1.165, 1.54) is 0 Å². The van der Waals surface area contributed by atoms with E-state index in [0.717, 1.165) is 33.9 Å². The Morgan fingerprint density at radius 3 is 1.79 bits per heavy atom. The Kier molecular flexibility index (Phi) is 4.92. The Labute approximate surface area is 142 Å². The highest BCUT2D eigenvalue weighted by Crippen LogP contribution is 2.26. The van der Waals surface area contributed by atoms with Gasteiger partial charge in [0.15, 0.2) is 0 Å². The van der Waals surface area contributed by atoms with E-state index in [4.69, 9.17) is 4.98 Å². The summed E-state index contributed by atoms with van der Waals surface area (Å²) in [5.41, 5.74) is 5.65. The molecule has 0 saturated carbocycles. The summed E-state index contributed by atoms with van der Waals surface area (Å²) in [6.45, 7) is 4.06. The second-order valence-electron chi connectivity index (χ2n) is 5.30. The number of pyridine rings is 3. The second kappa shape index (κ2) is 7.47. The number of allylic oxidation sites excluding steroid dienone is 4. The highest BCUT2D eigenvalue weighted by Gasteiger charge is 2.10. The lowest BCUT2D eigenvalue weighted by molar-refractivity contribution is 1.21.